The number of hydrogen-bond donors (Lipinski definition) is 1. The molecule has 2 aromatic rings. The van der Waals surface area contributed by atoms with Crippen molar-refractivity contribution in [3.63, 3.8) is 0 Å². The van der Waals surface area contributed by atoms with E-state index in [-0.39, 0.29) is 0 Å². The van der Waals surface area contributed by atoms with Crippen molar-refractivity contribution < 1.29 is 9.68 Å². The van der Waals surface area contributed by atoms with E-state index in [0.717, 1.165) is 31.4 Å². The van der Waals surface area contributed by atoms with Gasteiger partial charge in [-0.1, -0.05) is 49.4 Å². The topological polar surface area (TPSA) is 26.5 Å². The Morgan fingerprint density at radius 2 is 1.79 bits per heavy atom. The van der Waals surface area contributed by atoms with Crippen LogP contribution in [0.25, 0.3) is 0 Å². The summed E-state index contributed by atoms with van der Waals surface area (Å²) in [5, 5.41) is 11.6. The molecule has 2 aromatic carbocycles. The Morgan fingerprint density at radius 3 is 2.50 bits per heavy atom. The second-order valence-electron chi connectivity index (χ2n) is 6.81. The van der Waals surface area contributed by atoms with E-state index in [0.29, 0.717) is 6.54 Å². The smallest absolute Gasteiger partial charge is 0.271 e. The average Bonchev–Trinajstić information content (AvgIpc) is 2.97. The molecular weight excluding hydrogens is 296 g/mol. The first kappa shape index (κ1) is 15.4. The Morgan fingerprint density at radius 1 is 1.04 bits per heavy atom. The van der Waals surface area contributed by atoms with Crippen LogP contribution in [0.15, 0.2) is 54.6 Å². The fraction of sp³-hybridized carbons (Fsp3) is 0.381. The van der Waals surface area contributed by atoms with Gasteiger partial charge in [-0.05, 0) is 37.0 Å². The summed E-state index contributed by atoms with van der Waals surface area (Å²) in [4.78, 5) is 2.31. The Hall–Kier alpha value is -2.13. The number of hydrogen-bond acceptors (Lipinski definition) is 2. The molecule has 3 heteroatoms. The lowest BCUT2D eigenvalue weighted by Gasteiger charge is -2.24. The van der Waals surface area contributed by atoms with E-state index < -0.39 is 5.72 Å². The zero-order valence-electron chi connectivity index (χ0n) is 14.3. The van der Waals surface area contributed by atoms with Gasteiger partial charge in [-0.25, -0.2) is 9.48 Å². The van der Waals surface area contributed by atoms with Gasteiger partial charge in [0, 0.05) is 12.0 Å². The molecule has 4 rings (SSSR count). The second kappa shape index (κ2) is 6.06. The highest BCUT2D eigenvalue weighted by molar-refractivity contribution is 5.96. The molecule has 0 bridgehead atoms. The van der Waals surface area contributed by atoms with Crippen LogP contribution in [-0.2, 0) is 12.1 Å². The van der Waals surface area contributed by atoms with Crippen LogP contribution in [0.3, 0.4) is 0 Å². The fourth-order valence-electron chi connectivity index (χ4n) is 4.00. The van der Waals surface area contributed by atoms with Crippen LogP contribution >= 0.6 is 0 Å². The Bertz CT molecular complexity index is 751. The number of amidine groups is 1. The molecule has 24 heavy (non-hydrogen) atoms. The number of rotatable bonds is 3. The number of benzene rings is 2. The molecule has 1 atom stereocenters. The van der Waals surface area contributed by atoms with E-state index in [4.69, 9.17) is 0 Å². The summed E-state index contributed by atoms with van der Waals surface area (Å²) in [6.07, 6.45) is 4.42. The molecule has 0 radical (unpaired) electrons. The van der Waals surface area contributed by atoms with Crippen molar-refractivity contribution in [3.8, 4) is 0 Å². The molecule has 0 aliphatic carbocycles. The largest absolute Gasteiger partial charge is 0.346 e. The highest BCUT2D eigenvalue weighted by Gasteiger charge is 2.52. The van der Waals surface area contributed by atoms with Crippen molar-refractivity contribution >= 4 is 11.5 Å². The summed E-state index contributed by atoms with van der Waals surface area (Å²) in [5.41, 5.74) is 2.58. The van der Waals surface area contributed by atoms with Crippen LogP contribution in [0.2, 0.25) is 0 Å². The molecular formula is C21H25N2O+. The van der Waals surface area contributed by atoms with Crippen LogP contribution < -0.4 is 4.90 Å². The van der Waals surface area contributed by atoms with Crippen LogP contribution in [0.5, 0.6) is 0 Å². The normalized spacial score (nSPS) is 23.5. The summed E-state index contributed by atoms with van der Waals surface area (Å²) in [6.45, 7) is 3.69. The van der Waals surface area contributed by atoms with Gasteiger partial charge in [-0.2, -0.15) is 0 Å². The Kier molecular flexibility index (Phi) is 3.89. The van der Waals surface area contributed by atoms with Crippen molar-refractivity contribution in [3.05, 3.63) is 65.7 Å². The molecule has 0 fully saturated rings. The predicted octanol–water partition coefficient (Wildman–Crippen LogP) is 3.51. The first-order valence-electron chi connectivity index (χ1n) is 9.00. The molecule has 0 saturated heterocycles. The lowest BCUT2D eigenvalue weighted by molar-refractivity contribution is -0.661. The SMILES string of the molecule is CCc1ccc(N2C[C@@](O)(c3ccccc3)[N+]3=C2CCCC3)cc1. The molecule has 0 amide bonds. The molecule has 0 spiro atoms. The van der Waals surface area contributed by atoms with Crippen LogP contribution in [0.4, 0.5) is 5.69 Å². The van der Waals surface area contributed by atoms with Crippen molar-refractivity contribution in [2.24, 2.45) is 0 Å². The first-order valence-corrected chi connectivity index (χ1v) is 9.00. The maximum absolute atomic E-state index is 11.6. The molecule has 124 valence electrons. The van der Waals surface area contributed by atoms with Crippen molar-refractivity contribution in [1.82, 2.24) is 0 Å². The minimum absolute atomic E-state index is 0.595. The van der Waals surface area contributed by atoms with E-state index in [2.05, 4.69) is 40.7 Å². The third kappa shape index (κ3) is 2.44. The standard InChI is InChI=1S/C21H25N2O/c1-2-17-11-13-19(14-12-17)22-16-21(24,18-8-4-3-5-9-18)23-15-7-6-10-20(22)23/h3-5,8-9,11-14,24H,2,6-7,10,15-16H2,1H3/q+1/t21-/m1/s1. The average molecular weight is 321 g/mol. The molecule has 0 aromatic heterocycles. The summed E-state index contributed by atoms with van der Waals surface area (Å²) in [6, 6.07) is 18.9. The lowest BCUT2D eigenvalue weighted by Crippen LogP contribution is -2.41. The molecule has 1 N–H and O–H groups in total. The Balaban J connectivity index is 1.76. The van der Waals surface area contributed by atoms with E-state index in [1.165, 1.54) is 23.5 Å². The highest BCUT2D eigenvalue weighted by atomic mass is 16.3. The van der Waals surface area contributed by atoms with Crippen LogP contribution in [-0.4, -0.2) is 28.6 Å². The molecule has 0 saturated carbocycles. The van der Waals surface area contributed by atoms with Gasteiger partial charge in [0.25, 0.3) is 11.6 Å². The number of aryl methyl sites for hydroxylation is 1. The zero-order chi connectivity index (χ0) is 16.6. The van der Waals surface area contributed by atoms with E-state index in [9.17, 15) is 5.11 Å². The number of aliphatic hydroxyl groups is 1. The molecule has 2 aliphatic heterocycles. The number of anilines is 1. The Labute approximate surface area is 143 Å². The predicted molar refractivity (Wildman–Crippen MR) is 97.5 cm³/mol. The minimum Gasteiger partial charge on any atom is -0.346 e. The molecule has 0 unspecified atom stereocenters. The minimum atomic E-state index is -0.930. The monoisotopic (exact) mass is 321 g/mol. The number of β-amino-alcohol motifs (C(OH)–C–C–N with tert-alkyl or cyclic N) is 1. The van der Waals surface area contributed by atoms with Gasteiger partial charge in [0.05, 0.1) is 6.54 Å². The van der Waals surface area contributed by atoms with Gasteiger partial charge in [-0.15, -0.1) is 0 Å². The quantitative estimate of drug-likeness (QED) is 0.876. The van der Waals surface area contributed by atoms with Gasteiger partial charge in [0.2, 0.25) is 0 Å². The summed E-state index contributed by atoms with van der Waals surface area (Å²) < 4.78 is 2.22. The molecule has 2 aliphatic rings. The molecule has 2 heterocycles. The van der Waals surface area contributed by atoms with Crippen molar-refractivity contribution in [2.75, 3.05) is 18.0 Å². The van der Waals surface area contributed by atoms with Gasteiger partial charge in [-0.3, -0.25) is 0 Å². The van der Waals surface area contributed by atoms with Crippen molar-refractivity contribution in [2.45, 2.75) is 38.3 Å². The number of nitrogens with zero attached hydrogens (tertiary/aromatic N) is 2. The van der Waals surface area contributed by atoms with Crippen LogP contribution in [0.1, 0.15) is 37.3 Å². The van der Waals surface area contributed by atoms with E-state index >= 15 is 0 Å². The maximum atomic E-state index is 11.6. The zero-order valence-corrected chi connectivity index (χ0v) is 14.3. The summed E-state index contributed by atoms with van der Waals surface area (Å²) >= 11 is 0. The van der Waals surface area contributed by atoms with E-state index in [1.807, 2.05) is 30.3 Å². The van der Waals surface area contributed by atoms with Crippen LogP contribution in [0, 0.1) is 0 Å². The van der Waals surface area contributed by atoms with Gasteiger partial charge in [0.1, 0.15) is 5.69 Å². The first-order chi connectivity index (χ1) is 11.7. The van der Waals surface area contributed by atoms with Crippen molar-refractivity contribution in [1.29, 1.82) is 0 Å². The maximum Gasteiger partial charge on any atom is 0.271 e. The third-order valence-corrected chi connectivity index (χ3v) is 5.37. The summed E-state index contributed by atoms with van der Waals surface area (Å²) in [7, 11) is 0. The van der Waals surface area contributed by atoms with E-state index in [1.54, 1.807) is 0 Å². The lowest BCUT2D eigenvalue weighted by atomic mass is 10.0. The summed E-state index contributed by atoms with van der Waals surface area (Å²) in [5.74, 6) is 1.26. The third-order valence-electron chi connectivity index (χ3n) is 5.37. The molecule has 3 nitrogen and oxygen atoms in total. The highest BCUT2D eigenvalue weighted by Crippen LogP contribution is 2.35. The van der Waals surface area contributed by atoms with Gasteiger partial charge >= 0.3 is 0 Å². The second-order valence-corrected chi connectivity index (χ2v) is 6.81. The van der Waals surface area contributed by atoms with Gasteiger partial charge in [0.15, 0.2) is 6.54 Å². The van der Waals surface area contributed by atoms with Gasteiger partial charge < -0.3 is 5.11 Å². The fourth-order valence-corrected chi connectivity index (χ4v) is 4.00.